The van der Waals surface area contributed by atoms with Gasteiger partial charge in [-0.2, -0.15) is 0 Å². The topological polar surface area (TPSA) is 116 Å². The van der Waals surface area contributed by atoms with Gasteiger partial charge < -0.3 is 38.6 Å². The number of nitrogens with zero attached hydrogens (tertiary/aromatic N) is 4. The zero-order chi connectivity index (χ0) is 26.8. The molecule has 11 nitrogen and oxygen atoms in total. The van der Waals surface area contributed by atoms with Crippen molar-refractivity contribution in [1.29, 1.82) is 0 Å². The average molecular weight is 523 g/mol. The molecule has 11 heteroatoms. The van der Waals surface area contributed by atoms with Crippen molar-refractivity contribution in [3.63, 3.8) is 0 Å². The number of piperazine rings is 2. The second kappa shape index (κ2) is 10.7. The van der Waals surface area contributed by atoms with Crippen molar-refractivity contribution in [2.45, 2.75) is 0 Å². The molecule has 2 aromatic carbocycles. The summed E-state index contributed by atoms with van der Waals surface area (Å²) in [4.78, 5) is 45.7. The Hall–Kier alpha value is -4.09. The lowest BCUT2D eigenvalue weighted by Gasteiger charge is -2.31. The molecule has 3 heterocycles. The number of aromatic hydroxyl groups is 1. The third kappa shape index (κ3) is 5.43. The van der Waals surface area contributed by atoms with Gasteiger partial charge in [0.1, 0.15) is 34.5 Å². The SMILES string of the molecule is CN1CCN(C(=O)Oc2ccc(-c3coc4cc(OC(=O)N5CCN(C)CC5)cc(O)c4c3=O)cc2)CC1. The van der Waals surface area contributed by atoms with Crippen LogP contribution in [-0.4, -0.2) is 103 Å². The number of phenols is 1. The highest BCUT2D eigenvalue weighted by atomic mass is 16.6. The van der Waals surface area contributed by atoms with E-state index in [1.54, 1.807) is 34.1 Å². The Morgan fingerprint density at radius 2 is 1.32 bits per heavy atom. The molecule has 0 saturated carbocycles. The number of carbonyl (C=O) groups excluding carboxylic acids is 2. The van der Waals surface area contributed by atoms with E-state index in [1.165, 1.54) is 18.4 Å². The Morgan fingerprint density at radius 3 is 1.87 bits per heavy atom. The molecule has 2 amide bonds. The van der Waals surface area contributed by atoms with Crippen LogP contribution in [0.2, 0.25) is 0 Å². The molecule has 2 saturated heterocycles. The normalized spacial score (nSPS) is 17.0. The maximum Gasteiger partial charge on any atom is 0.415 e. The second-order valence-electron chi connectivity index (χ2n) is 9.64. The van der Waals surface area contributed by atoms with E-state index in [4.69, 9.17) is 13.9 Å². The molecule has 0 unspecified atom stereocenters. The van der Waals surface area contributed by atoms with Gasteiger partial charge in [0.05, 0.1) is 5.56 Å². The van der Waals surface area contributed by atoms with Gasteiger partial charge >= 0.3 is 12.2 Å². The van der Waals surface area contributed by atoms with Gasteiger partial charge in [0.15, 0.2) is 0 Å². The van der Waals surface area contributed by atoms with Gasteiger partial charge in [-0.25, -0.2) is 9.59 Å². The first kappa shape index (κ1) is 25.6. The van der Waals surface area contributed by atoms with Crippen LogP contribution in [0.1, 0.15) is 0 Å². The van der Waals surface area contributed by atoms with E-state index in [2.05, 4.69) is 9.80 Å². The number of rotatable bonds is 3. The molecule has 38 heavy (non-hydrogen) atoms. The van der Waals surface area contributed by atoms with E-state index < -0.39 is 17.6 Å². The molecular formula is C27H30N4O7. The van der Waals surface area contributed by atoms with Crippen molar-refractivity contribution in [2.75, 3.05) is 66.5 Å². The van der Waals surface area contributed by atoms with E-state index in [-0.39, 0.29) is 28.0 Å². The summed E-state index contributed by atoms with van der Waals surface area (Å²) >= 11 is 0. The summed E-state index contributed by atoms with van der Waals surface area (Å²) in [7, 11) is 3.99. The number of likely N-dealkylation sites (N-methyl/N-ethyl adjacent to an activating group) is 2. The van der Waals surface area contributed by atoms with Gasteiger partial charge in [0.2, 0.25) is 5.43 Å². The molecule has 0 atom stereocenters. The molecule has 0 radical (unpaired) electrons. The Bertz CT molecular complexity index is 1390. The minimum atomic E-state index is -0.524. The Balaban J connectivity index is 1.31. The number of fused-ring (bicyclic) bond motifs is 1. The minimum Gasteiger partial charge on any atom is -0.507 e. The summed E-state index contributed by atoms with van der Waals surface area (Å²) in [6, 6.07) is 9.15. The van der Waals surface area contributed by atoms with Crippen LogP contribution in [-0.2, 0) is 0 Å². The molecule has 0 bridgehead atoms. The molecule has 1 N–H and O–H groups in total. The third-order valence-corrected chi connectivity index (χ3v) is 6.93. The Morgan fingerprint density at radius 1 is 0.789 bits per heavy atom. The molecule has 3 aromatic rings. The van der Waals surface area contributed by atoms with Crippen LogP contribution in [0.3, 0.4) is 0 Å². The second-order valence-corrected chi connectivity index (χ2v) is 9.64. The molecular weight excluding hydrogens is 492 g/mol. The van der Waals surface area contributed by atoms with E-state index >= 15 is 0 Å². The molecule has 1 aromatic heterocycles. The zero-order valence-electron chi connectivity index (χ0n) is 21.4. The maximum atomic E-state index is 13.2. The summed E-state index contributed by atoms with van der Waals surface area (Å²) in [6.45, 7) is 5.36. The maximum absolute atomic E-state index is 13.2. The first-order chi connectivity index (χ1) is 18.3. The predicted octanol–water partition coefficient (Wildman–Crippen LogP) is 2.66. The van der Waals surface area contributed by atoms with Crippen molar-refractivity contribution >= 4 is 23.2 Å². The van der Waals surface area contributed by atoms with E-state index in [1.807, 2.05) is 14.1 Å². The van der Waals surface area contributed by atoms with Gasteiger partial charge in [-0.1, -0.05) is 12.1 Å². The van der Waals surface area contributed by atoms with Crippen molar-refractivity contribution in [2.24, 2.45) is 0 Å². The van der Waals surface area contributed by atoms with Gasteiger partial charge in [0.25, 0.3) is 0 Å². The Labute approximate surface area is 219 Å². The lowest BCUT2D eigenvalue weighted by Crippen LogP contribution is -2.48. The fourth-order valence-corrected chi connectivity index (χ4v) is 4.48. The first-order valence-corrected chi connectivity index (χ1v) is 12.5. The number of phenolic OH excluding ortho intramolecular Hbond substituents is 1. The number of ether oxygens (including phenoxy) is 2. The summed E-state index contributed by atoms with van der Waals surface area (Å²) in [5, 5.41) is 10.6. The largest absolute Gasteiger partial charge is 0.507 e. The monoisotopic (exact) mass is 522 g/mol. The summed E-state index contributed by atoms with van der Waals surface area (Å²) in [6.07, 6.45) is 0.357. The van der Waals surface area contributed by atoms with Crippen molar-refractivity contribution in [1.82, 2.24) is 19.6 Å². The number of amides is 2. The van der Waals surface area contributed by atoms with Crippen LogP contribution in [0.4, 0.5) is 9.59 Å². The van der Waals surface area contributed by atoms with E-state index in [0.29, 0.717) is 37.5 Å². The lowest BCUT2D eigenvalue weighted by atomic mass is 10.0. The number of hydrogen-bond donors (Lipinski definition) is 1. The minimum absolute atomic E-state index is 0.0209. The van der Waals surface area contributed by atoms with Crippen LogP contribution >= 0.6 is 0 Å². The van der Waals surface area contributed by atoms with Crippen LogP contribution in [0.15, 0.2) is 51.9 Å². The number of hydrogen-bond acceptors (Lipinski definition) is 9. The van der Waals surface area contributed by atoms with Crippen LogP contribution < -0.4 is 14.9 Å². The standard InChI is InChI=1S/C27H30N4O7/c1-28-7-11-30(12-8-28)26(34)37-19-5-3-18(4-6-19)21-17-36-23-16-20(15-22(32)24(23)25(21)33)38-27(35)31-13-9-29(2)10-14-31/h3-6,15-17,32H,7-14H2,1-2H3. The average Bonchev–Trinajstić information content (AvgIpc) is 2.90. The van der Waals surface area contributed by atoms with Crippen molar-refractivity contribution in [3.8, 4) is 28.4 Å². The third-order valence-electron chi connectivity index (χ3n) is 6.93. The fourth-order valence-electron chi connectivity index (χ4n) is 4.48. The van der Waals surface area contributed by atoms with Gasteiger partial charge in [-0.05, 0) is 31.8 Å². The van der Waals surface area contributed by atoms with Crippen LogP contribution in [0.5, 0.6) is 17.2 Å². The van der Waals surface area contributed by atoms with Gasteiger partial charge in [0, 0.05) is 64.5 Å². The van der Waals surface area contributed by atoms with Crippen molar-refractivity contribution in [3.05, 3.63) is 52.9 Å². The highest BCUT2D eigenvalue weighted by Gasteiger charge is 2.23. The number of benzene rings is 2. The van der Waals surface area contributed by atoms with E-state index in [0.717, 1.165) is 26.2 Å². The molecule has 2 aliphatic heterocycles. The molecule has 2 aliphatic rings. The van der Waals surface area contributed by atoms with Gasteiger partial charge in [-0.15, -0.1) is 0 Å². The first-order valence-electron chi connectivity index (χ1n) is 12.5. The Kier molecular flexibility index (Phi) is 7.21. The summed E-state index contributed by atoms with van der Waals surface area (Å²) in [5.74, 6) is 0.0934. The molecule has 0 aliphatic carbocycles. The summed E-state index contributed by atoms with van der Waals surface area (Å²) in [5.41, 5.74) is 0.414. The predicted molar refractivity (Wildman–Crippen MR) is 140 cm³/mol. The van der Waals surface area contributed by atoms with Crippen LogP contribution in [0, 0.1) is 0 Å². The highest BCUT2D eigenvalue weighted by molar-refractivity contribution is 5.88. The van der Waals surface area contributed by atoms with Crippen molar-refractivity contribution < 1.29 is 28.6 Å². The molecule has 5 rings (SSSR count). The summed E-state index contributed by atoms with van der Waals surface area (Å²) < 4.78 is 16.6. The molecule has 200 valence electrons. The molecule has 2 fully saturated rings. The smallest absolute Gasteiger partial charge is 0.415 e. The zero-order valence-corrected chi connectivity index (χ0v) is 21.4. The van der Waals surface area contributed by atoms with Gasteiger partial charge in [-0.3, -0.25) is 4.79 Å². The highest BCUT2D eigenvalue weighted by Crippen LogP contribution is 2.31. The number of carbonyl (C=O) groups is 2. The van der Waals surface area contributed by atoms with Crippen LogP contribution in [0.25, 0.3) is 22.1 Å². The fraction of sp³-hybridized carbons (Fsp3) is 0.370. The quantitative estimate of drug-likeness (QED) is 0.554. The lowest BCUT2D eigenvalue weighted by molar-refractivity contribution is 0.120. The van der Waals surface area contributed by atoms with E-state index in [9.17, 15) is 19.5 Å². The molecule has 0 spiro atoms.